The minimum atomic E-state index is -0.681. The molecule has 3 rings (SSSR count). The maximum absolute atomic E-state index is 12.0. The Hall–Kier alpha value is -3.00. The van der Waals surface area contributed by atoms with E-state index in [9.17, 15) is 20.1 Å². The van der Waals surface area contributed by atoms with Crippen molar-refractivity contribution in [1.29, 1.82) is 0 Å². The Balaban J connectivity index is 1.78. The van der Waals surface area contributed by atoms with E-state index in [4.69, 9.17) is 0 Å². The number of halogens is 1. The number of aromatic hydroxyl groups is 3. The molecule has 0 saturated carbocycles. The SMILES string of the molecule is O=C(N/N=C/c1c[nH]c2ccc(Br)cc12)c1cc(O)c(O)c(O)c1. The molecule has 0 atom stereocenters. The molecule has 0 aliphatic rings. The molecule has 7 nitrogen and oxygen atoms in total. The van der Waals surface area contributed by atoms with E-state index < -0.39 is 23.2 Å². The third-order valence-corrected chi connectivity index (χ3v) is 3.87. The molecule has 0 fully saturated rings. The van der Waals surface area contributed by atoms with E-state index in [-0.39, 0.29) is 5.56 Å². The number of aromatic nitrogens is 1. The molecule has 0 saturated heterocycles. The molecule has 1 heterocycles. The van der Waals surface area contributed by atoms with Crippen LogP contribution in [0.4, 0.5) is 0 Å². The Morgan fingerprint density at radius 2 is 1.88 bits per heavy atom. The fourth-order valence-electron chi connectivity index (χ4n) is 2.18. The summed E-state index contributed by atoms with van der Waals surface area (Å²) in [6.07, 6.45) is 3.23. The molecule has 0 spiro atoms. The highest BCUT2D eigenvalue weighted by molar-refractivity contribution is 9.10. The van der Waals surface area contributed by atoms with Crippen molar-refractivity contribution in [3.63, 3.8) is 0 Å². The van der Waals surface area contributed by atoms with Crippen LogP contribution in [-0.2, 0) is 0 Å². The second kappa shape index (κ2) is 6.25. The summed E-state index contributed by atoms with van der Waals surface area (Å²) in [6.45, 7) is 0. The maximum Gasteiger partial charge on any atom is 0.271 e. The van der Waals surface area contributed by atoms with Crippen molar-refractivity contribution < 1.29 is 20.1 Å². The molecule has 5 N–H and O–H groups in total. The first kappa shape index (κ1) is 15.9. The molecule has 0 aliphatic carbocycles. The molecule has 0 unspecified atom stereocenters. The van der Waals surface area contributed by atoms with Crippen LogP contribution in [0, 0.1) is 0 Å². The van der Waals surface area contributed by atoms with Gasteiger partial charge < -0.3 is 20.3 Å². The molecule has 0 bridgehead atoms. The number of nitrogens with zero attached hydrogens (tertiary/aromatic N) is 1. The summed E-state index contributed by atoms with van der Waals surface area (Å²) < 4.78 is 0.920. The van der Waals surface area contributed by atoms with Gasteiger partial charge in [0.25, 0.3) is 5.91 Å². The third kappa shape index (κ3) is 3.04. The number of carbonyl (C=O) groups excluding carboxylic acids is 1. The van der Waals surface area contributed by atoms with Gasteiger partial charge in [-0.1, -0.05) is 15.9 Å². The van der Waals surface area contributed by atoms with Crippen molar-refractivity contribution in [2.45, 2.75) is 0 Å². The van der Waals surface area contributed by atoms with E-state index in [2.05, 4.69) is 31.4 Å². The summed E-state index contributed by atoms with van der Waals surface area (Å²) in [5, 5.41) is 32.9. The van der Waals surface area contributed by atoms with Gasteiger partial charge in [0, 0.05) is 32.7 Å². The zero-order valence-electron chi connectivity index (χ0n) is 12.1. The van der Waals surface area contributed by atoms with E-state index in [1.807, 2.05) is 18.2 Å². The van der Waals surface area contributed by atoms with Crippen LogP contribution in [0.5, 0.6) is 17.2 Å². The van der Waals surface area contributed by atoms with Crippen LogP contribution < -0.4 is 5.43 Å². The maximum atomic E-state index is 12.0. The zero-order chi connectivity index (χ0) is 17.3. The van der Waals surface area contributed by atoms with Gasteiger partial charge in [0.05, 0.1) is 6.21 Å². The number of hydrazone groups is 1. The number of aromatic amines is 1. The monoisotopic (exact) mass is 389 g/mol. The van der Waals surface area contributed by atoms with Crippen LogP contribution in [0.1, 0.15) is 15.9 Å². The highest BCUT2D eigenvalue weighted by Gasteiger charge is 2.13. The summed E-state index contributed by atoms with van der Waals surface area (Å²) >= 11 is 3.40. The number of fused-ring (bicyclic) bond motifs is 1. The lowest BCUT2D eigenvalue weighted by molar-refractivity contribution is 0.0954. The van der Waals surface area contributed by atoms with Crippen LogP contribution in [0.15, 0.2) is 46.1 Å². The molecule has 1 aromatic heterocycles. The van der Waals surface area contributed by atoms with Crippen molar-refractivity contribution in [3.05, 3.63) is 52.1 Å². The number of amides is 1. The molecule has 8 heteroatoms. The zero-order valence-corrected chi connectivity index (χ0v) is 13.7. The number of carbonyl (C=O) groups is 1. The number of benzene rings is 2. The van der Waals surface area contributed by atoms with E-state index >= 15 is 0 Å². The molecule has 122 valence electrons. The molecule has 0 radical (unpaired) electrons. The number of hydrogen-bond donors (Lipinski definition) is 5. The first-order valence-electron chi connectivity index (χ1n) is 6.80. The largest absolute Gasteiger partial charge is 0.504 e. The van der Waals surface area contributed by atoms with Gasteiger partial charge in [0.15, 0.2) is 17.2 Å². The predicted molar refractivity (Wildman–Crippen MR) is 92.5 cm³/mol. The van der Waals surface area contributed by atoms with Gasteiger partial charge in [-0.2, -0.15) is 5.10 Å². The van der Waals surface area contributed by atoms with Gasteiger partial charge in [-0.05, 0) is 30.3 Å². The minimum Gasteiger partial charge on any atom is -0.504 e. The van der Waals surface area contributed by atoms with Gasteiger partial charge in [0.2, 0.25) is 0 Å². The Bertz CT molecular complexity index is 942. The Kier molecular flexibility index (Phi) is 4.13. The highest BCUT2D eigenvalue weighted by atomic mass is 79.9. The molecule has 2 aromatic carbocycles. The van der Waals surface area contributed by atoms with Gasteiger partial charge >= 0.3 is 0 Å². The van der Waals surface area contributed by atoms with Gasteiger partial charge in [0.1, 0.15) is 0 Å². The Morgan fingerprint density at radius 1 is 1.17 bits per heavy atom. The van der Waals surface area contributed by atoms with Crippen LogP contribution in [-0.4, -0.2) is 32.4 Å². The number of phenolic OH excluding ortho intramolecular Hbond substituents is 3. The summed E-state index contributed by atoms with van der Waals surface area (Å²) in [7, 11) is 0. The first-order valence-corrected chi connectivity index (χ1v) is 7.60. The predicted octanol–water partition coefficient (Wildman–Crippen LogP) is 2.81. The second-order valence-electron chi connectivity index (χ2n) is 5.00. The van der Waals surface area contributed by atoms with Crippen molar-refractivity contribution in [3.8, 4) is 17.2 Å². The molecule has 0 aliphatic heterocycles. The lowest BCUT2D eigenvalue weighted by atomic mass is 10.2. The summed E-state index contributed by atoms with van der Waals surface area (Å²) in [5.41, 5.74) is 3.96. The van der Waals surface area contributed by atoms with E-state index in [0.29, 0.717) is 0 Å². The Labute approximate surface area is 144 Å². The van der Waals surface area contributed by atoms with Gasteiger partial charge in [-0.3, -0.25) is 4.79 Å². The van der Waals surface area contributed by atoms with E-state index in [0.717, 1.165) is 33.1 Å². The quantitative estimate of drug-likeness (QED) is 0.269. The molecule has 3 aromatic rings. The average Bonchev–Trinajstić information content (AvgIpc) is 2.94. The number of hydrogen-bond acceptors (Lipinski definition) is 5. The van der Waals surface area contributed by atoms with E-state index in [1.54, 1.807) is 6.20 Å². The average molecular weight is 390 g/mol. The van der Waals surface area contributed by atoms with E-state index in [1.165, 1.54) is 6.21 Å². The molecular formula is C16H12BrN3O4. The lowest BCUT2D eigenvalue weighted by Gasteiger charge is -2.04. The smallest absolute Gasteiger partial charge is 0.271 e. The van der Waals surface area contributed by atoms with Crippen molar-refractivity contribution in [1.82, 2.24) is 10.4 Å². The fourth-order valence-corrected chi connectivity index (χ4v) is 2.54. The second-order valence-corrected chi connectivity index (χ2v) is 5.91. The third-order valence-electron chi connectivity index (χ3n) is 3.38. The van der Waals surface area contributed by atoms with Crippen molar-refractivity contribution in [2.75, 3.05) is 0 Å². The van der Waals surface area contributed by atoms with Crippen LogP contribution in [0.25, 0.3) is 10.9 Å². The minimum absolute atomic E-state index is 0.0402. The standard InChI is InChI=1S/C16H12BrN3O4/c17-10-1-2-12-11(5-10)9(6-18-12)7-19-20-16(24)8-3-13(21)15(23)14(22)4-8/h1-7,18,21-23H,(H,20,24)/b19-7+. The van der Waals surface area contributed by atoms with Gasteiger partial charge in [-0.15, -0.1) is 0 Å². The topological polar surface area (TPSA) is 118 Å². The van der Waals surface area contributed by atoms with Crippen molar-refractivity contribution in [2.24, 2.45) is 5.10 Å². The van der Waals surface area contributed by atoms with Crippen LogP contribution >= 0.6 is 15.9 Å². The first-order chi connectivity index (χ1) is 11.5. The molecular weight excluding hydrogens is 378 g/mol. The van der Waals surface area contributed by atoms with Gasteiger partial charge in [-0.25, -0.2) is 5.43 Å². The summed E-state index contributed by atoms with van der Waals surface area (Å²) in [6, 6.07) is 7.80. The number of rotatable bonds is 3. The summed E-state index contributed by atoms with van der Waals surface area (Å²) in [5.74, 6) is -2.51. The highest BCUT2D eigenvalue weighted by Crippen LogP contribution is 2.35. The van der Waals surface area contributed by atoms with Crippen molar-refractivity contribution >= 4 is 39.0 Å². The summed E-state index contributed by atoms with van der Waals surface area (Å²) in [4.78, 5) is 15.1. The van der Waals surface area contributed by atoms with Crippen LogP contribution in [0.2, 0.25) is 0 Å². The normalized spacial score (nSPS) is 11.2. The lowest BCUT2D eigenvalue weighted by Crippen LogP contribution is -2.17. The van der Waals surface area contributed by atoms with Crippen LogP contribution in [0.3, 0.4) is 0 Å². The number of nitrogens with one attached hydrogen (secondary N) is 2. The molecule has 24 heavy (non-hydrogen) atoms. The molecule has 1 amide bonds. The Morgan fingerprint density at radius 3 is 2.58 bits per heavy atom. The number of H-pyrrole nitrogens is 1. The fraction of sp³-hybridized carbons (Fsp3) is 0. The number of phenols is 3.